The predicted octanol–water partition coefficient (Wildman–Crippen LogP) is 2.54. The van der Waals surface area contributed by atoms with Gasteiger partial charge in [0.25, 0.3) is 5.56 Å². The summed E-state index contributed by atoms with van der Waals surface area (Å²) in [5, 5.41) is 3.90. The lowest BCUT2D eigenvalue weighted by Gasteiger charge is -2.07. The molecular formula is C15H13N3O. The summed E-state index contributed by atoms with van der Waals surface area (Å²) in [7, 11) is 0. The average molecular weight is 251 g/mol. The first kappa shape index (κ1) is 11.5. The SMILES string of the molecule is O=c1[nH]cnc2ccc(NCc3ccccc3)cc12. The second-order valence-corrected chi connectivity index (χ2v) is 4.30. The van der Waals surface area contributed by atoms with E-state index in [9.17, 15) is 4.79 Å². The average Bonchev–Trinajstić information content (AvgIpc) is 2.47. The minimum absolute atomic E-state index is 0.117. The van der Waals surface area contributed by atoms with Gasteiger partial charge in [0, 0.05) is 12.2 Å². The number of rotatable bonds is 3. The van der Waals surface area contributed by atoms with Crippen molar-refractivity contribution in [3.8, 4) is 0 Å². The highest BCUT2D eigenvalue weighted by Crippen LogP contribution is 2.14. The van der Waals surface area contributed by atoms with Crippen LogP contribution >= 0.6 is 0 Å². The van der Waals surface area contributed by atoms with Gasteiger partial charge in [-0.2, -0.15) is 0 Å². The maximum absolute atomic E-state index is 11.7. The molecule has 94 valence electrons. The Morgan fingerprint density at radius 1 is 1.11 bits per heavy atom. The van der Waals surface area contributed by atoms with Crippen molar-refractivity contribution in [3.63, 3.8) is 0 Å². The van der Waals surface area contributed by atoms with Crippen LogP contribution in [0.15, 0.2) is 59.7 Å². The Hall–Kier alpha value is -2.62. The van der Waals surface area contributed by atoms with Gasteiger partial charge in [0.2, 0.25) is 0 Å². The number of aromatic nitrogens is 2. The van der Waals surface area contributed by atoms with E-state index in [1.54, 1.807) is 0 Å². The quantitative estimate of drug-likeness (QED) is 0.752. The first-order valence-electron chi connectivity index (χ1n) is 6.08. The second kappa shape index (κ2) is 4.94. The maximum Gasteiger partial charge on any atom is 0.258 e. The van der Waals surface area contributed by atoms with Crippen molar-refractivity contribution < 1.29 is 0 Å². The van der Waals surface area contributed by atoms with Gasteiger partial charge in [-0.15, -0.1) is 0 Å². The van der Waals surface area contributed by atoms with Crippen molar-refractivity contribution in [1.29, 1.82) is 0 Å². The lowest BCUT2D eigenvalue weighted by atomic mass is 10.2. The van der Waals surface area contributed by atoms with Crippen molar-refractivity contribution >= 4 is 16.6 Å². The third-order valence-electron chi connectivity index (χ3n) is 2.98. The van der Waals surface area contributed by atoms with Gasteiger partial charge in [0.05, 0.1) is 17.2 Å². The van der Waals surface area contributed by atoms with Gasteiger partial charge >= 0.3 is 0 Å². The number of nitrogens with zero attached hydrogens (tertiary/aromatic N) is 1. The Morgan fingerprint density at radius 2 is 1.95 bits per heavy atom. The largest absolute Gasteiger partial charge is 0.381 e. The van der Waals surface area contributed by atoms with Crippen LogP contribution in [-0.2, 0) is 6.54 Å². The highest BCUT2D eigenvalue weighted by Gasteiger charge is 2.01. The first-order chi connectivity index (χ1) is 9.33. The number of hydrogen-bond acceptors (Lipinski definition) is 3. The lowest BCUT2D eigenvalue weighted by molar-refractivity contribution is 1.14. The molecule has 4 heteroatoms. The fourth-order valence-corrected chi connectivity index (χ4v) is 1.98. The van der Waals surface area contributed by atoms with E-state index in [1.807, 2.05) is 36.4 Å². The number of aromatic amines is 1. The second-order valence-electron chi connectivity index (χ2n) is 4.30. The highest BCUT2D eigenvalue weighted by atomic mass is 16.1. The van der Waals surface area contributed by atoms with Gasteiger partial charge in [-0.25, -0.2) is 4.98 Å². The molecule has 3 rings (SSSR count). The standard InChI is InChI=1S/C15H13N3O/c19-15-13-8-12(6-7-14(13)17-10-18-15)16-9-11-4-2-1-3-5-11/h1-8,10,16H,9H2,(H,17,18,19). The Bertz CT molecular complexity index is 750. The van der Waals surface area contributed by atoms with E-state index in [0.29, 0.717) is 10.9 Å². The molecule has 0 spiro atoms. The minimum atomic E-state index is -0.117. The van der Waals surface area contributed by atoms with Crippen LogP contribution in [0.4, 0.5) is 5.69 Å². The van der Waals surface area contributed by atoms with Crippen LogP contribution in [-0.4, -0.2) is 9.97 Å². The van der Waals surface area contributed by atoms with Crippen molar-refractivity contribution in [2.75, 3.05) is 5.32 Å². The van der Waals surface area contributed by atoms with Crippen molar-refractivity contribution in [2.24, 2.45) is 0 Å². The van der Waals surface area contributed by atoms with E-state index in [-0.39, 0.29) is 5.56 Å². The molecule has 0 amide bonds. The van der Waals surface area contributed by atoms with Crippen molar-refractivity contribution in [2.45, 2.75) is 6.54 Å². The van der Waals surface area contributed by atoms with Gasteiger partial charge in [-0.05, 0) is 23.8 Å². The maximum atomic E-state index is 11.7. The molecule has 2 N–H and O–H groups in total. The summed E-state index contributed by atoms with van der Waals surface area (Å²) in [4.78, 5) is 18.4. The molecule has 1 heterocycles. The third-order valence-corrected chi connectivity index (χ3v) is 2.98. The molecule has 0 fully saturated rings. The van der Waals surface area contributed by atoms with Gasteiger partial charge in [0.15, 0.2) is 0 Å². The van der Waals surface area contributed by atoms with E-state index < -0.39 is 0 Å². The van der Waals surface area contributed by atoms with Crippen LogP contribution in [0.2, 0.25) is 0 Å². The van der Waals surface area contributed by atoms with E-state index in [2.05, 4.69) is 27.4 Å². The minimum Gasteiger partial charge on any atom is -0.381 e. The molecule has 2 aromatic carbocycles. The molecule has 19 heavy (non-hydrogen) atoms. The number of H-pyrrole nitrogens is 1. The van der Waals surface area contributed by atoms with Crippen LogP contribution in [0.5, 0.6) is 0 Å². The fraction of sp³-hybridized carbons (Fsp3) is 0.0667. The van der Waals surface area contributed by atoms with Gasteiger partial charge in [-0.1, -0.05) is 30.3 Å². The molecule has 4 nitrogen and oxygen atoms in total. The Morgan fingerprint density at radius 3 is 2.79 bits per heavy atom. The lowest BCUT2D eigenvalue weighted by Crippen LogP contribution is -2.07. The zero-order valence-electron chi connectivity index (χ0n) is 10.3. The number of hydrogen-bond donors (Lipinski definition) is 2. The Kier molecular flexibility index (Phi) is 2.98. The van der Waals surface area contributed by atoms with E-state index >= 15 is 0 Å². The van der Waals surface area contributed by atoms with E-state index in [0.717, 1.165) is 12.2 Å². The topological polar surface area (TPSA) is 57.8 Å². The van der Waals surface area contributed by atoms with Crippen molar-refractivity contribution in [1.82, 2.24) is 9.97 Å². The summed E-state index contributed by atoms with van der Waals surface area (Å²) in [5.41, 5.74) is 2.69. The summed E-state index contributed by atoms with van der Waals surface area (Å²) in [6.07, 6.45) is 1.42. The molecule has 0 saturated heterocycles. The number of fused-ring (bicyclic) bond motifs is 1. The predicted molar refractivity (Wildman–Crippen MR) is 76.1 cm³/mol. The molecule has 0 bridgehead atoms. The number of nitrogens with one attached hydrogen (secondary N) is 2. The van der Waals surface area contributed by atoms with E-state index in [1.165, 1.54) is 11.9 Å². The molecule has 0 aliphatic carbocycles. The summed E-state index contributed by atoms with van der Waals surface area (Å²) >= 11 is 0. The zero-order chi connectivity index (χ0) is 13.1. The van der Waals surface area contributed by atoms with Crippen LogP contribution in [0.3, 0.4) is 0 Å². The molecular weight excluding hydrogens is 238 g/mol. The fourth-order valence-electron chi connectivity index (χ4n) is 1.98. The molecule has 0 aliphatic heterocycles. The summed E-state index contributed by atoms with van der Waals surface area (Å²) < 4.78 is 0. The summed E-state index contributed by atoms with van der Waals surface area (Å²) in [6.45, 7) is 0.727. The molecule has 3 aromatic rings. The Labute approximate surface area is 110 Å². The smallest absolute Gasteiger partial charge is 0.258 e. The van der Waals surface area contributed by atoms with Crippen LogP contribution in [0.25, 0.3) is 10.9 Å². The summed E-state index contributed by atoms with van der Waals surface area (Å²) in [5.74, 6) is 0. The van der Waals surface area contributed by atoms with Gasteiger partial charge in [0.1, 0.15) is 0 Å². The molecule has 0 radical (unpaired) electrons. The van der Waals surface area contributed by atoms with Gasteiger partial charge in [-0.3, -0.25) is 4.79 Å². The Balaban J connectivity index is 1.86. The molecule has 0 saturated carbocycles. The molecule has 0 unspecified atom stereocenters. The molecule has 0 aliphatic rings. The summed E-state index contributed by atoms with van der Waals surface area (Å²) in [6, 6.07) is 15.7. The van der Waals surface area contributed by atoms with Crippen LogP contribution in [0.1, 0.15) is 5.56 Å². The third kappa shape index (κ3) is 2.47. The molecule has 0 atom stereocenters. The normalized spacial score (nSPS) is 10.5. The van der Waals surface area contributed by atoms with Gasteiger partial charge < -0.3 is 10.3 Å². The van der Waals surface area contributed by atoms with Crippen molar-refractivity contribution in [3.05, 3.63) is 70.8 Å². The zero-order valence-corrected chi connectivity index (χ0v) is 10.3. The molecule has 1 aromatic heterocycles. The van der Waals surface area contributed by atoms with Crippen LogP contribution in [0, 0.1) is 0 Å². The van der Waals surface area contributed by atoms with E-state index in [4.69, 9.17) is 0 Å². The number of anilines is 1. The van der Waals surface area contributed by atoms with Crippen LogP contribution < -0.4 is 10.9 Å². The monoisotopic (exact) mass is 251 g/mol. The number of benzene rings is 2. The first-order valence-corrected chi connectivity index (χ1v) is 6.08. The highest BCUT2D eigenvalue weighted by molar-refractivity contribution is 5.81.